The number of ether oxygens (including phenoxy) is 2. The van der Waals surface area contributed by atoms with E-state index in [0.29, 0.717) is 6.73 Å². The van der Waals surface area contributed by atoms with Crippen LogP contribution >= 0.6 is 0 Å². The summed E-state index contributed by atoms with van der Waals surface area (Å²) < 4.78 is 11.5. The lowest BCUT2D eigenvalue weighted by atomic mass is 10.0. The zero-order chi connectivity index (χ0) is 16.3. The van der Waals surface area contributed by atoms with Crippen molar-refractivity contribution in [2.45, 2.75) is 33.1 Å². The first-order chi connectivity index (χ1) is 10.4. The molecule has 1 heterocycles. The molecule has 2 aromatic rings. The van der Waals surface area contributed by atoms with Gasteiger partial charge in [0.1, 0.15) is 6.73 Å². The van der Waals surface area contributed by atoms with Crippen molar-refractivity contribution in [3.05, 3.63) is 29.5 Å². The number of carboxylic acid groups (broad SMARTS) is 1. The number of esters is 1. The van der Waals surface area contributed by atoms with E-state index in [4.69, 9.17) is 14.6 Å². The summed E-state index contributed by atoms with van der Waals surface area (Å²) in [5, 5.41) is 14.4. The van der Waals surface area contributed by atoms with Gasteiger partial charge in [0.25, 0.3) is 0 Å². The number of rotatable bonds is 6. The highest BCUT2D eigenvalue weighted by atomic mass is 16.6. The molecule has 0 amide bonds. The van der Waals surface area contributed by atoms with Gasteiger partial charge in [-0.15, -0.1) is 0 Å². The minimum Gasteiger partial charge on any atom is -0.478 e. The average molecular weight is 306 g/mol. The summed E-state index contributed by atoms with van der Waals surface area (Å²) in [6.45, 7) is 3.44. The van der Waals surface area contributed by atoms with Crippen molar-refractivity contribution < 1.29 is 24.2 Å². The highest BCUT2D eigenvalue weighted by molar-refractivity contribution is 5.83. The van der Waals surface area contributed by atoms with Crippen LogP contribution in [0, 0.1) is 6.92 Å². The molecule has 1 aromatic heterocycles. The average Bonchev–Trinajstić information content (AvgIpc) is 2.81. The number of carboxylic acids is 1. The van der Waals surface area contributed by atoms with E-state index in [1.54, 1.807) is 11.8 Å². The molecule has 0 saturated carbocycles. The van der Waals surface area contributed by atoms with E-state index < -0.39 is 18.0 Å². The Kier molecular flexibility index (Phi) is 4.77. The number of carbonyl (C=O) groups excluding carboxylic acids is 1. The van der Waals surface area contributed by atoms with E-state index >= 15 is 0 Å². The number of hydrogen-bond donors (Lipinski definition) is 1. The van der Waals surface area contributed by atoms with Gasteiger partial charge in [-0.25, -0.2) is 9.48 Å². The summed E-state index contributed by atoms with van der Waals surface area (Å²) in [5.41, 5.74) is 2.53. The maximum Gasteiger partial charge on any atom is 0.345 e. The Balaban J connectivity index is 2.30. The summed E-state index contributed by atoms with van der Waals surface area (Å²) in [6.07, 6.45) is 0.751. The minimum atomic E-state index is -1.19. The zero-order valence-electron chi connectivity index (χ0n) is 12.7. The molecule has 7 nitrogen and oxygen atoms in total. The fraction of sp³-hybridized carbons (Fsp3) is 0.400. The minimum absolute atomic E-state index is 0.112. The van der Waals surface area contributed by atoms with Crippen LogP contribution in [0.3, 0.4) is 0 Å². The highest BCUT2D eigenvalue weighted by Gasteiger charge is 2.21. The zero-order valence-corrected chi connectivity index (χ0v) is 12.7. The predicted octanol–water partition coefficient (Wildman–Crippen LogP) is 1.51. The van der Waals surface area contributed by atoms with Crippen molar-refractivity contribution >= 4 is 22.8 Å². The molecule has 118 valence electrons. The standard InChI is InChI=1S/C15H18N2O5/c1-9-4-11(6-13(15(19)20)22-10(2)18)5-12-7-17(8-21-3)16-14(9)12/h4-5,7,13H,6,8H2,1-3H3,(H,19,20)/t13-/m1/s1. The van der Waals surface area contributed by atoms with Crippen molar-refractivity contribution in [2.24, 2.45) is 0 Å². The normalized spacial score (nSPS) is 12.3. The number of hydrogen-bond acceptors (Lipinski definition) is 5. The second-order valence-corrected chi connectivity index (χ2v) is 5.08. The Morgan fingerprint density at radius 3 is 2.73 bits per heavy atom. The van der Waals surface area contributed by atoms with Gasteiger partial charge >= 0.3 is 11.9 Å². The summed E-state index contributed by atoms with van der Waals surface area (Å²) >= 11 is 0. The number of fused-ring (bicyclic) bond motifs is 1. The number of benzene rings is 1. The predicted molar refractivity (Wildman–Crippen MR) is 78.4 cm³/mol. The van der Waals surface area contributed by atoms with E-state index in [2.05, 4.69) is 5.10 Å². The van der Waals surface area contributed by atoms with E-state index in [9.17, 15) is 9.59 Å². The lowest BCUT2D eigenvalue weighted by Crippen LogP contribution is -2.28. The van der Waals surface area contributed by atoms with Gasteiger partial charge in [-0.05, 0) is 24.1 Å². The molecule has 0 radical (unpaired) electrons. The Morgan fingerprint density at radius 1 is 1.41 bits per heavy atom. The van der Waals surface area contributed by atoms with Crippen LogP contribution in [0.25, 0.3) is 10.9 Å². The fourth-order valence-corrected chi connectivity index (χ4v) is 2.35. The van der Waals surface area contributed by atoms with Gasteiger partial charge < -0.3 is 14.6 Å². The first-order valence-corrected chi connectivity index (χ1v) is 6.76. The highest BCUT2D eigenvalue weighted by Crippen LogP contribution is 2.21. The summed E-state index contributed by atoms with van der Waals surface area (Å²) in [4.78, 5) is 22.2. The third kappa shape index (κ3) is 3.62. The topological polar surface area (TPSA) is 90.7 Å². The molecule has 0 aliphatic heterocycles. The summed E-state index contributed by atoms with van der Waals surface area (Å²) in [6, 6.07) is 3.70. The van der Waals surface area contributed by atoms with Gasteiger partial charge in [0.2, 0.25) is 6.10 Å². The molecule has 7 heteroatoms. The van der Waals surface area contributed by atoms with Gasteiger partial charge in [0.05, 0.1) is 5.52 Å². The van der Waals surface area contributed by atoms with E-state index in [-0.39, 0.29) is 6.42 Å². The fourth-order valence-electron chi connectivity index (χ4n) is 2.35. The first-order valence-electron chi connectivity index (χ1n) is 6.76. The monoisotopic (exact) mass is 306 g/mol. The number of carbonyl (C=O) groups is 2. The smallest absolute Gasteiger partial charge is 0.345 e. The lowest BCUT2D eigenvalue weighted by molar-refractivity contribution is -0.162. The van der Waals surface area contributed by atoms with Gasteiger partial charge in [-0.3, -0.25) is 4.79 Å². The quantitative estimate of drug-likeness (QED) is 0.813. The SMILES string of the molecule is COCn1cc2cc(C[C@@H](OC(C)=O)C(=O)O)cc(C)c2n1. The molecular formula is C15H18N2O5. The maximum absolute atomic E-state index is 11.2. The molecule has 0 saturated heterocycles. The van der Waals surface area contributed by atoms with Crippen LogP contribution in [0.4, 0.5) is 0 Å². The van der Waals surface area contributed by atoms with Gasteiger partial charge in [0, 0.05) is 32.0 Å². The molecule has 0 fully saturated rings. The van der Waals surface area contributed by atoms with Crippen LogP contribution in [0.1, 0.15) is 18.1 Å². The number of nitrogens with zero attached hydrogens (tertiary/aromatic N) is 2. The lowest BCUT2D eigenvalue weighted by Gasteiger charge is -2.13. The molecule has 0 aliphatic carbocycles. The van der Waals surface area contributed by atoms with Crippen LogP contribution < -0.4 is 0 Å². The first kappa shape index (κ1) is 16.0. The van der Waals surface area contributed by atoms with Crippen LogP contribution in [0.15, 0.2) is 18.3 Å². The third-order valence-electron chi connectivity index (χ3n) is 3.17. The third-order valence-corrected chi connectivity index (χ3v) is 3.17. The van der Waals surface area contributed by atoms with Crippen molar-refractivity contribution in [3.8, 4) is 0 Å². The second-order valence-electron chi connectivity index (χ2n) is 5.08. The molecule has 0 spiro atoms. The van der Waals surface area contributed by atoms with Crippen LogP contribution in [-0.4, -0.2) is 40.0 Å². The van der Waals surface area contributed by atoms with Gasteiger partial charge in [-0.2, -0.15) is 5.10 Å². The number of aliphatic carboxylic acids is 1. The molecule has 22 heavy (non-hydrogen) atoms. The Morgan fingerprint density at radius 2 is 2.14 bits per heavy atom. The van der Waals surface area contributed by atoms with Gasteiger partial charge in [-0.1, -0.05) is 6.07 Å². The molecule has 0 bridgehead atoms. The number of aromatic nitrogens is 2. The van der Waals surface area contributed by atoms with Gasteiger partial charge in [0.15, 0.2) is 0 Å². The second kappa shape index (κ2) is 6.57. The van der Waals surface area contributed by atoms with E-state index in [1.807, 2.05) is 25.3 Å². The molecule has 1 N–H and O–H groups in total. The Hall–Kier alpha value is -2.41. The number of methoxy groups -OCH3 is 1. The molecule has 0 unspecified atom stereocenters. The van der Waals surface area contributed by atoms with Crippen molar-refractivity contribution in [3.63, 3.8) is 0 Å². The summed E-state index contributed by atoms with van der Waals surface area (Å²) in [7, 11) is 1.58. The molecule has 1 atom stereocenters. The molecule has 2 rings (SSSR count). The van der Waals surface area contributed by atoms with E-state index in [1.165, 1.54) is 6.92 Å². The van der Waals surface area contributed by atoms with Crippen molar-refractivity contribution in [1.82, 2.24) is 9.78 Å². The van der Waals surface area contributed by atoms with Crippen LogP contribution in [0.2, 0.25) is 0 Å². The maximum atomic E-state index is 11.2. The van der Waals surface area contributed by atoms with E-state index in [0.717, 1.165) is 22.0 Å². The summed E-state index contributed by atoms with van der Waals surface area (Å²) in [5.74, 6) is -1.78. The van der Waals surface area contributed by atoms with Crippen LogP contribution in [0.5, 0.6) is 0 Å². The Bertz CT molecular complexity index is 707. The molecule has 1 aromatic carbocycles. The largest absolute Gasteiger partial charge is 0.478 e. The van der Waals surface area contributed by atoms with Crippen molar-refractivity contribution in [1.29, 1.82) is 0 Å². The van der Waals surface area contributed by atoms with Crippen molar-refractivity contribution in [2.75, 3.05) is 7.11 Å². The molecule has 0 aliphatic rings. The molecular weight excluding hydrogens is 288 g/mol. The number of aryl methyl sites for hydroxylation is 1. The van der Waals surface area contributed by atoms with Crippen LogP contribution in [-0.2, 0) is 32.2 Å². The Labute approximate surface area is 127 Å².